The van der Waals surface area contributed by atoms with Gasteiger partial charge in [-0.2, -0.15) is 10.2 Å². The van der Waals surface area contributed by atoms with Gasteiger partial charge >= 0.3 is 0 Å². The summed E-state index contributed by atoms with van der Waals surface area (Å²) in [6.45, 7) is 4.58. The van der Waals surface area contributed by atoms with Gasteiger partial charge in [0.1, 0.15) is 5.75 Å². The molecule has 2 aromatic carbocycles. The number of fused-ring (bicyclic) bond motifs is 2. The van der Waals surface area contributed by atoms with E-state index in [4.69, 9.17) is 22.1 Å². The molecule has 1 amide bonds. The van der Waals surface area contributed by atoms with Crippen LogP contribution < -0.4 is 15.8 Å². The first-order valence-corrected chi connectivity index (χ1v) is 13.7. The number of nitrogens with two attached hydrogens (primary N) is 1. The van der Waals surface area contributed by atoms with Gasteiger partial charge in [0, 0.05) is 35.3 Å². The van der Waals surface area contributed by atoms with Crippen LogP contribution in [-0.2, 0) is 6.54 Å². The third-order valence-corrected chi connectivity index (χ3v) is 8.30. The molecule has 10 heteroatoms. The van der Waals surface area contributed by atoms with Gasteiger partial charge < -0.3 is 15.8 Å². The maximum absolute atomic E-state index is 11.5. The quantitative estimate of drug-likeness (QED) is 0.350. The molecule has 0 aliphatic carbocycles. The number of rotatable bonds is 7. The SMILES string of the molecule is Cc1cc(C#N)cc(C)c1Oc1nc(NC2C[C@H]3CC[C@@H](C2)N3Cc2ccc(C(N)=O)cc2Cl)ncc1Br. The predicted molar refractivity (Wildman–Crippen MR) is 149 cm³/mol. The summed E-state index contributed by atoms with van der Waals surface area (Å²) in [5.74, 6) is 1.16. The van der Waals surface area contributed by atoms with Gasteiger partial charge in [0.05, 0.1) is 22.3 Å². The highest BCUT2D eigenvalue weighted by molar-refractivity contribution is 9.10. The minimum absolute atomic E-state index is 0.240. The summed E-state index contributed by atoms with van der Waals surface area (Å²) in [5.41, 5.74) is 9.15. The number of aromatic nitrogens is 2. The van der Waals surface area contributed by atoms with Crippen LogP contribution >= 0.6 is 27.5 Å². The molecule has 38 heavy (non-hydrogen) atoms. The summed E-state index contributed by atoms with van der Waals surface area (Å²) in [4.78, 5) is 23.1. The van der Waals surface area contributed by atoms with Crippen LogP contribution in [-0.4, -0.2) is 38.9 Å². The Labute approximate surface area is 235 Å². The van der Waals surface area contributed by atoms with E-state index in [9.17, 15) is 10.1 Å². The zero-order valence-electron chi connectivity index (χ0n) is 21.2. The molecule has 1 aromatic heterocycles. The van der Waals surface area contributed by atoms with Crippen LogP contribution in [0.1, 0.15) is 58.3 Å². The summed E-state index contributed by atoms with van der Waals surface area (Å²) in [6.07, 6.45) is 5.90. The van der Waals surface area contributed by atoms with Crippen molar-refractivity contribution in [3.63, 3.8) is 0 Å². The maximum atomic E-state index is 11.5. The van der Waals surface area contributed by atoms with Crippen LogP contribution in [0.3, 0.4) is 0 Å². The fourth-order valence-electron chi connectivity index (χ4n) is 5.62. The molecule has 0 radical (unpaired) electrons. The van der Waals surface area contributed by atoms with Crippen molar-refractivity contribution in [3.8, 4) is 17.7 Å². The van der Waals surface area contributed by atoms with Crippen molar-refractivity contribution in [3.05, 3.63) is 73.8 Å². The van der Waals surface area contributed by atoms with Gasteiger partial charge in [-0.1, -0.05) is 17.7 Å². The summed E-state index contributed by atoms with van der Waals surface area (Å²) < 4.78 is 6.83. The van der Waals surface area contributed by atoms with Crippen molar-refractivity contribution in [2.75, 3.05) is 5.32 Å². The lowest BCUT2D eigenvalue weighted by molar-refractivity contribution is 0.1000. The Hall–Kier alpha value is -3.19. The number of ether oxygens (including phenoxy) is 1. The fourth-order valence-corrected chi connectivity index (χ4v) is 6.14. The van der Waals surface area contributed by atoms with Crippen molar-refractivity contribution in [2.24, 2.45) is 5.73 Å². The number of primary amides is 1. The number of carbonyl (C=O) groups excluding carboxylic acids is 1. The number of nitriles is 1. The van der Waals surface area contributed by atoms with E-state index in [2.05, 4.69) is 42.2 Å². The van der Waals surface area contributed by atoms with Gasteiger partial charge in [-0.3, -0.25) is 9.69 Å². The van der Waals surface area contributed by atoms with Crippen LogP contribution in [0.5, 0.6) is 11.6 Å². The molecule has 2 aliphatic rings. The average Bonchev–Trinajstić information content (AvgIpc) is 3.11. The molecule has 0 saturated carbocycles. The third-order valence-electron chi connectivity index (χ3n) is 7.41. The standard InChI is InChI=1S/C28H28BrClN6O2/c1-15-7-17(12-31)8-16(2)25(15)38-27-23(29)13-33-28(35-27)34-20-10-21-5-6-22(11-20)36(21)14-19-4-3-18(26(32)37)9-24(19)30/h3-4,7-9,13,20-22H,5-6,10-11,14H2,1-2H3,(H2,32,37)(H,33,34,35)/t20?,21-,22+. The third kappa shape index (κ3) is 5.48. The Balaban J connectivity index is 1.26. The number of benzene rings is 2. The second-order valence-electron chi connectivity index (χ2n) is 10.0. The Morgan fingerprint density at radius 1 is 1.24 bits per heavy atom. The molecule has 2 fully saturated rings. The molecule has 0 spiro atoms. The first-order valence-electron chi connectivity index (χ1n) is 12.5. The molecule has 2 aliphatic heterocycles. The van der Waals surface area contributed by atoms with Crippen LogP contribution in [0.2, 0.25) is 5.02 Å². The Kier molecular flexibility index (Phi) is 7.57. The van der Waals surface area contributed by atoms with Crippen molar-refractivity contribution >= 4 is 39.4 Å². The van der Waals surface area contributed by atoms with E-state index < -0.39 is 5.91 Å². The molecule has 2 bridgehead atoms. The highest BCUT2D eigenvalue weighted by Crippen LogP contribution is 2.39. The van der Waals surface area contributed by atoms with Gasteiger partial charge in [0.15, 0.2) is 0 Å². The second kappa shape index (κ2) is 10.9. The minimum atomic E-state index is -0.476. The zero-order chi connectivity index (χ0) is 27.0. The Morgan fingerprint density at radius 3 is 2.53 bits per heavy atom. The van der Waals surface area contributed by atoms with Crippen LogP contribution in [0.4, 0.5) is 5.95 Å². The predicted octanol–water partition coefficient (Wildman–Crippen LogP) is 5.88. The largest absolute Gasteiger partial charge is 0.437 e. The summed E-state index contributed by atoms with van der Waals surface area (Å²) in [5, 5.41) is 13.3. The smallest absolute Gasteiger partial charge is 0.248 e. The number of aryl methyl sites for hydroxylation is 2. The van der Waals surface area contributed by atoms with E-state index in [1.165, 1.54) is 0 Å². The number of anilines is 1. The average molecular weight is 596 g/mol. The van der Waals surface area contributed by atoms with E-state index in [-0.39, 0.29) is 6.04 Å². The Bertz CT molecular complexity index is 1400. The lowest BCUT2D eigenvalue weighted by Gasteiger charge is -2.39. The number of nitrogens with one attached hydrogen (secondary N) is 1. The Morgan fingerprint density at radius 2 is 1.92 bits per heavy atom. The molecule has 5 rings (SSSR count). The highest BCUT2D eigenvalue weighted by Gasteiger charge is 2.41. The van der Waals surface area contributed by atoms with Gasteiger partial charge in [-0.25, -0.2) is 4.98 Å². The summed E-state index contributed by atoms with van der Waals surface area (Å²) in [7, 11) is 0. The molecule has 2 saturated heterocycles. The monoisotopic (exact) mass is 594 g/mol. The first kappa shape index (κ1) is 26.4. The van der Waals surface area contributed by atoms with Crippen molar-refractivity contribution in [2.45, 2.75) is 64.2 Å². The molecule has 3 atom stereocenters. The van der Waals surface area contributed by atoms with E-state index in [0.29, 0.717) is 50.3 Å². The number of halogens is 2. The van der Waals surface area contributed by atoms with Gasteiger partial charge in [0.25, 0.3) is 0 Å². The van der Waals surface area contributed by atoms with Gasteiger partial charge in [0.2, 0.25) is 17.7 Å². The number of nitrogens with zero attached hydrogens (tertiary/aromatic N) is 4. The minimum Gasteiger partial charge on any atom is -0.437 e. The molecular formula is C28H28BrClN6O2. The summed E-state index contributed by atoms with van der Waals surface area (Å²) in [6, 6.07) is 12.2. The molecule has 3 N–H and O–H groups in total. The van der Waals surface area contributed by atoms with Crippen LogP contribution in [0.25, 0.3) is 0 Å². The van der Waals surface area contributed by atoms with Gasteiger partial charge in [-0.05, 0) is 96.4 Å². The van der Waals surface area contributed by atoms with E-state index in [1.807, 2.05) is 19.9 Å². The fraction of sp³-hybridized carbons (Fsp3) is 0.357. The molecule has 196 valence electrons. The second-order valence-corrected chi connectivity index (χ2v) is 11.3. The van der Waals surface area contributed by atoms with E-state index in [0.717, 1.165) is 48.9 Å². The van der Waals surface area contributed by atoms with Gasteiger partial charge in [-0.15, -0.1) is 0 Å². The first-order chi connectivity index (χ1) is 18.2. The molecule has 3 aromatic rings. The zero-order valence-corrected chi connectivity index (χ0v) is 23.5. The van der Waals surface area contributed by atoms with Crippen molar-refractivity contribution in [1.82, 2.24) is 14.9 Å². The highest BCUT2D eigenvalue weighted by atomic mass is 79.9. The lowest BCUT2D eigenvalue weighted by atomic mass is 9.96. The number of hydrogen-bond donors (Lipinski definition) is 2. The van der Waals surface area contributed by atoms with Crippen molar-refractivity contribution < 1.29 is 9.53 Å². The number of piperidine rings is 1. The number of hydrogen-bond acceptors (Lipinski definition) is 7. The molecule has 3 heterocycles. The van der Waals surface area contributed by atoms with E-state index in [1.54, 1.807) is 30.5 Å². The molecular weight excluding hydrogens is 568 g/mol. The summed E-state index contributed by atoms with van der Waals surface area (Å²) >= 11 is 9.98. The van der Waals surface area contributed by atoms with E-state index >= 15 is 0 Å². The maximum Gasteiger partial charge on any atom is 0.248 e. The molecule has 1 unspecified atom stereocenters. The van der Waals surface area contributed by atoms with Crippen LogP contribution in [0.15, 0.2) is 41.0 Å². The number of carbonyl (C=O) groups is 1. The number of amides is 1. The van der Waals surface area contributed by atoms with Crippen molar-refractivity contribution in [1.29, 1.82) is 5.26 Å². The topological polar surface area (TPSA) is 117 Å². The normalized spacial score (nSPS) is 20.7. The van der Waals surface area contributed by atoms with Crippen LogP contribution in [0, 0.1) is 25.2 Å². The molecule has 8 nitrogen and oxygen atoms in total. The lowest BCUT2D eigenvalue weighted by Crippen LogP contribution is -2.46.